The van der Waals surface area contributed by atoms with E-state index in [1.54, 1.807) is 25.1 Å². The lowest BCUT2D eigenvalue weighted by atomic mass is 10.1. The van der Waals surface area contributed by atoms with E-state index < -0.39 is 28.5 Å². The molecule has 35 heavy (non-hydrogen) atoms. The first-order valence-electron chi connectivity index (χ1n) is 11.7. The Kier molecular flexibility index (Phi) is 8.61. The van der Waals surface area contributed by atoms with Crippen molar-refractivity contribution in [1.29, 1.82) is 0 Å². The van der Waals surface area contributed by atoms with Gasteiger partial charge in [0, 0.05) is 18.7 Å². The lowest BCUT2D eigenvalue weighted by Gasteiger charge is -2.32. The smallest absolute Gasteiger partial charge is 0.244 e. The van der Waals surface area contributed by atoms with E-state index in [9.17, 15) is 18.0 Å². The molecule has 1 aliphatic heterocycles. The number of anilines is 1. The van der Waals surface area contributed by atoms with E-state index in [1.165, 1.54) is 11.8 Å². The maximum atomic E-state index is 13.6. The van der Waals surface area contributed by atoms with Gasteiger partial charge >= 0.3 is 0 Å². The summed E-state index contributed by atoms with van der Waals surface area (Å²) in [4.78, 5) is 27.8. The van der Waals surface area contributed by atoms with E-state index in [0.29, 0.717) is 30.4 Å². The third-order valence-corrected chi connectivity index (χ3v) is 7.33. The number of amides is 2. The van der Waals surface area contributed by atoms with Crippen LogP contribution in [0, 0.1) is 0 Å². The van der Waals surface area contributed by atoms with E-state index >= 15 is 0 Å². The Labute approximate surface area is 207 Å². The van der Waals surface area contributed by atoms with Crippen LogP contribution in [0.3, 0.4) is 0 Å². The van der Waals surface area contributed by atoms with Gasteiger partial charge in [0.2, 0.25) is 21.8 Å². The molecule has 0 fully saturated rings. The van der Waals surface area contributed by atoms with Crippen LogP contribution >= 0.6 is 0 Å². The third-order valence-electron chi connectivity index (χ3n) is 5.59. The van der Waals surface area contributed by atoms with Gasteiger partial charge in [-0.1, -0.05) is 30.3 Å². The van der Waals surface area contributed by atoms with Gasteiger partial charge in [0.15, 0.2) is 11.5 Å². The quantitative estimate of drug-likeness (QED) is 0.534. The van der Waals surface area contributed by atoms with Crippen molar-refractivity contribution in [3.05, 3.63) is 54.1 Å². The summed E-state index contributed by atoms with van der Waals surface area (Å²) in [5.41, 5.74) is 1.12. The molecule has 1 atom stereocenters. The van der Waals surface area contributed by atoms with Crippen molar-refractivity contribution in [2.75, 3.05) is 29.8 Å². The maximum absolute atomic E-state index is 13.6. The van der Waals surface area contributed by atoms with Gasteiger partial charge in [-0.05, 0) is 45.4 Å². The molecular formula is C25H33N3O6S. The van der Waals surface area contributed by atoms with Gasteiger partial charge in [-0.3, -0.25) is 13.9 Å². The molecule has 2 aromatic carbocycles. The molecule has 0 unspecified atom stereocenters. The fourth-order valence-corrected chi connectivity index (χ4v) is 4.73. The highest BCUT2D eigenvalue weighted by Crippen LogP contribution is 2.35. The predicted octanol–water partition coefficient (Wildman–Crippen LogP) is 2.56. The number of hydrogen-bond acceptors (Lipinski definition) is 6. The molecule has 9 nitrogen and oxygen atoms in total. The first-order valence-corrected chi connectivity index (χ1v) is 13.3. The van der Waals surface area contributed by atoms with Gasteiger partial charge < -0.3 is 19.7 Å². The van der Waals surface area contributed by atoms with Crippen LogP contribution in [0.25, 0.3) is 0 Å². The monoisotopic (exact) mass is 503 g/mol. The highest BCUT2D eigenvalue weighted by molar-refractivity contribution is 7.92. The topological polar surface area (TPSA) is 105 Å². The number of benzene rings is 2. The zero-order chi connectivity index (χ0) is 25.6. The molecule has 1 N–H and O–H groups in total. The lowest BCUT2D eigenvalue weighted by molar-refractivity contribution is -0.139. The van der Waals surface area contributed by atoms with Gasteiger partial charge in [-0.25, -0.2) is 8.42 Å². The largest absolute Gasteiger partial charge is 0.486 e. The summed E-state index contributed by atoms with van der Waals surface area (Å²) < 4.78 is 38.3. The van der Waals surface area contributed by atoms with Crippen molar-refractivity contribution in [2.24, 2.45) is 0 Å². The fourth-order valence-electron chi connectivity index (χ4n) is 3.67. The number of hydrogen-bond donors (Lipinski definition) is 1. The number of sulfonamides is 1. The molecule has 2 amide bonds. The van der Waals surface area contributed by atoms with E-state index in [2.05, 4.69) is 5.32 Å². The summed E-state index contributed by atoms with van der Waals surface area (Å²) in [6, 6.07) is 13.1. The normalized spacial score (nSPS) is 13.7. The number of carbonyl (C=O) groups is 2. The zero-order valence-corrected chi connectivity index (χ0v) is 21.4. The Balaban J connectivity index is 1.93. The Morgan fingerprint density at radius 3 is 2.29 bits per heavy atom. The fraction of sp³-hybridized carbons (Fsp3) is 0.440. The summed E-state index contributed by atoms with van der Waals surface area (Å²) in [5.74, 6) is -0.0644. The van der Waals surface area contributed by atoms with Gasteiger partial charge in [-0.2, -0.15) is 0 Å². The number of carbonyl (C=O) groups excluding carboxylic acids is 2. The zero-order valence-electron chi connectivity index (χ0n) is 20.6. The Hall–Kier alpha value is -3.27. The van der Waals surface area contributed by atoms with Crippen molar-refractivity contribution in [1.82, 2.24) is 10.2 Å². The molecule has 10 heteroatoms. The van der Waals surface area contributed by atoms with Crippen LogP contribution in [0.5, 0.6) is 11.5 Å². The molecule has 190 valence electrons. The van der Waals surface area contributed by atoms with Gasteiger partial charge in [0.05, 0.1) is 11.4 Å². The molecule has 0 saturated carbocycles. The lowest BCUT2D eigenvalue weighted by Crippen LogP contribution is -2.52. The molecular weight excluding hydrogens is 470 g/mol. The van der Waals surface area contributed by atoms with Gasteiger partial charge in [0.1, 0.15) is 25.8 Å². The second-order valence-corrected chi connectivity index (χ2v) is 10.8. The standard InChI is InChI=1S/C25H33N3O6S/c1-5-35(31,32)28(21-11-12-22-23(15-21)34-14-13-33-22)17-24(29)27(16-20-9-7-6-8-10-20)19(4)25(30)26-18(2)3/h6-12,15,18-19H,5,13-14,16-17H2,1-4H3,(H,26,30)/t19-/m0/s1. The van der Waals surface area contributed by atoms with E-state index in [-0.39, 0.29) is 24.2 Å². The molecule has 1 heterocycles. The SMILES string of the molecule is CCS(=O)(=O)N(CC(=O)N(Cc1ccccc1)[C@@H](C)C(=O)NC(C)C)c1ccc2c(c1)OCCO2. The van der Waals surface area contributed by atoms with Crippen LogP contribution in [0.2, 0.25) is 0 Å². The summed E-state index contributed by atoms with van der Waals surface area (Å²) >= 11 is 0. The van der Waals surface area contributed by atoms with Crippen LogP contribution in [-0.4, -0.2) is 62.7 Å². The summed E-state index contributed by atoms with van der Waals surface area (Å²) in [5, 5.41) is 2.83. The minimum absolute atomic E-state index is 0.103. The molecule has 2 aromatic rings. The first-order chi connectivity index (χ1) is 16.6. The average molecular weight is 504 g/mol. The Morgan fingerprint density at radius 1 is 1.00 bits per heavy atom. The molecule has 0 aliphatic carbocycles. The van der Waals surface area contributed by atoms with Gasteiger partial charge in [-0.15, -0.1) is 0 Å². The van der Waals surface area contributed by atoms with Crippen molar-refractivity contribution in [3.63, 3.8) is 0 Å². The third kappa shape index (κ3) is 6.66. The van der Waals surface area contributed by atoms with Crippen molar-refractivity contribution >= 4 is 27.5 Å². The summed E-state index contributed by atoms with van der Waals surface area (Å²) in [6.45, 7) is 7.30. The summed E-state index contributed by atoms with van der Waals surface area (Å²) in [7, 11) is -3.82. The first kappa shape index (κ1) is 26.3. The highest BCUT2D eigenvalue weighted by atomic mass is 32.2. The molecule has 0 radical (unpaired) electrons. The minimum atomic E-state index is -3.82. The van der Waals surface area contributed by atoms with Crippen molar-refractivity contribution in [2.45, 2.75) is 46.3 Å². The number of fused-ring (bicyclic) bond motifs is 1. The van der Waals surface area contributed by atoms with E-state index in [4.69, 9.17) is 9.47 Å². The van der Waals surface area contributed by atoms with Crippen LogP contribution < -0.4 is 19.1 Å². The number of ether oxygens (including phenoxy) is 2. The van der Waals surface area contributed by atoms with E-state index in [1.807, 2.05) is 44.2 Å². The molecule has 3 rings (SSSR count). The van der Waals surface area contributed by atoms with Crippen molar-refractivity contribution in [3.8, 4) is 11.5 Å². The molecule has 0 spiro atoms. The molecule has 0 bridgehead atoms. The van der Waals surface area contributed by atoms with Crippen LogP contribution in [0.1, 0.15) is 33.3 Å². The van der Waals surface area contributed by atoms with Gasteiger partial charge in [0.25, 0.3) is 0 Å². The maximum Gasteiger partial charge on any atom is 0.244 e. The average Bonchev–Trinajstić information content (AvgIpc) is 2.85. The van der Waals surface area contributed by atoms with Crippen LogP contribution in [0.15, 0.2) is 48.5 Å². The predicted molar refractivity (Wildman–Crippen MR) is 134 cm³/mol. The number of rotatable bonds is 10. The van der Waals surface area contributed by atoms with Crippen molar-refractivity contribution < 1.29 is 27.5 Å². The van der Waals surface area contributed by atoms with E-state index in [0.717, 1.165) is 9.87 Å². The molecule has 0 aromatic heterocycles. The number of nitrogens with zero attached hydrogens (tertiary/aromatic N) is 2. The second kappa shape index (κ2) is 11.4. The number of nitrogens with one attached hydrogen (secondary N) is 1. The Bertz CT molecular complexity index is 1140. The summed E-state index contributed by atoms with van der Waals surface area (Å²) in [6.07, 6.45) is 0. The van der Waals surface area contributed by atoms with Crippen LogP contribution in [-0.2, 0) is 26.2 Å². The minimum Gasteiger partial charge on any atom is -0.486 e. The van der Waals surface area contributed by atoms with Crippen LogP contribution in [0.4, 0.5) is 5.69 Å². The molecule has 0 saturated heterocycles. The Morgan fingerprint density at radius 2 is 1.66 bits per heavy atom. The highest BCUT2D eigenvalue weighted by Gasteiger charge is 2.31. The second-order valence-electron chi connectivity index (χ2n) is 8.58. The molecule has 1 aliphatic rings.